The molecule has 0 fully saturated rings. The van der Waals surface area contributed by atoms with Crippen LogP contribution in [0.15, 0.2) is 237 Å². The molecule has 0 atom stereocenters. The molecular formula is C69H39F9N4. The Hall–Kier alpha value is -10.0. The van der Waals surface area contributed by atoms with Crippen molar-refractivity contribution < 1.29 is 39.5 Å². The highest BCUT2D eigenvalue weighted by molar-refractivity contribution is 6.28. The van der Waals surface area contributed by atoms with Gasteiger partial charge in [-0.05, 0) is 90.0 Å². The summed E-state index contributed by atoms with van der Waals surface area (Å²) < 4.78 is 157. The first-order valence-corrected chi connectivity index (χ1v) is 26.3. The van der Waals surface area contributed by atoms with E-state index in [9.17, 15) is 0 Å². The fourth-order valence-corrected chi connectivity index (χ4v) is 12.9. The van der Waals surface area contributed by atoms with Gasteiger partial charge in [0.05, 0.1) is 66.6 Å². The summed E-state index contributed by atoms with van der Waals surface area (Å²) in [5.41, 5.74) is -3.04. The lowest BCUT2D eigenvalue weighted by Crippen LogP contribution is -2.19. The van der Waals surface area contributed by atoms with Crippen molar-refractivity contribution in [3.8, 4) is 45.0 Å². The second kappa shape index (κ2) is 17.7. The van der Waals surface area contributed by atoms with Crippen molar-refractivity contribution in [2.75, 3.05) is 0 Å². The summed E-state index contributed by atoms with van der Waals surface area (Å²) in [6.45, 7) is 0. The summed E-state index contributed by atoms with van der Waals surface area (Å²) in [5, 5.41) is 4.21. The van der Waals surface area contributed by atoms with Crippen LogP contribution in [0.5, 0.6) is 0 Å². The van der Waals surface area contributed by atoms with E-state index in [0.717, 1.165) is 53.8 Å². The summed E-state index contributed by atoms with van der Waals surface area (Å²) in [5.74, 6) is 0. The summed E-state index contributed by atoms with van der Waals surface area (Å²) in [6.07, 6.45) is -15.8. The topological polar surface area (TPSA) is 19.7 Å². The normalized spacial score (nSPS) is 12.7. The van der Waals surface area contributed by atoms with Crippen molar-refractivity contribution in [2.45, 2.75) is 18.5 Å². The van der Waals surface area contributed by atoms with E-state index in [1.165, 1.54) is 21.3 Å². The monoisotopic (exact) mass is 1090 g/mol. The Morgan fingerprint density at radius 3 is 0.951 bits per heavy atom. The Labute approximate surface area is 459 Å². The third-order valence-electron chi connectivity index (χ3n) is 16.0. The van der Waals surface area contributed by atoms with Crippen molar-refractivity contribution >= 4 is 87.2 Å². The van der Waals surface area contributed by atoms with Gasteiger partial charge in [-0.2, -0.15) is 39.5 Å². The van der Waals surface area contributed by atoms with Crippen molar-refractivity contribution in [2.24, 2.45) is 0 Å². The quantitative estimate of drug-likeness (QED) is 0.148. The van der Waals surface area contributed by atoms with E-state index >= 15 is 39.5 Å². The zero-order valence-electron chi connectivity index (χ0n) is 42.7. The van der Waals surface area contributed by atoms with Gasteiger partial charge in [-0.25, -0.2) is 0 Å². The third kappa shape index (κ3) is 7.14. The molecule has 0 bridgehead atoms. The maximum Gasteiger partial charge on any atom is 0.420 e. The zero-order valence-corrected chi connectivity index (χ0v) is 42.7. The van der Waals surface area contributed by atoms with E-state index in [0.29, 0.717) is 65.2 Å². The van der Waals surface area contributed by atoms with Crippen molar-refractivity contribution in [3.63, 3.8) is 0 Å². The molecule has 13 heteroatoms. The molecule has 0 aliphatic carbocycles. The second-order valence-corrected chi connectivity index (χ2v) is 20.4. The Balaban J connectivity index is 1.25. The molecule has 82 heavy (non-hydrogen) atoms. The van der Waals surface area contributed by atoms with E-state index in [2.05, 4.69) is 0 Å². The summed E-state index contributed by atoms with van der Waals surface area (Å²) >= 11 is 0. The van der Waals surface area contributed by atoms with E-state index in [1.807, 2.05) is 143 Å². The molecule has 0 saturated carbocycles. The van der Waals surface area contributed by atoms with Crippen LogP contribution in [0.4, 0.5) is 39.5 Å². The number of hydrogen-bond acceptors (Lipinski definition) is 0. The minimum Gasteiger partial charge on any atom is -0.309 e. The van der Waals surface area contributed by atoms with Crippen LogP contribution >= 0.6 is 0 Å². The molecule has 15 aromatic rings. The molecular weight excluding hydrogens is 1060 g/mol. The fourth-order valence-electron chi connectivity index (χ4n) is 12.9. The Morgan fingerprint density at radius 2 is 0.573 bits per heavy atom. The van der Waals surface area contributed by atoms with Gasteiger partial charge in [-0.15, -0.1) is 0 Å². The summed E-state index contributed by atoms with van der Waals surface area (Å²) in [7, 11) is 0. The first-order valence-electron chi connectivity index (χ1n) is 26.3. The molecule has 0 saturated heterocycles. The average molecular weight is 1100 g/mol. The highest BCUT2D eigenvalue weighted by atomic mass is 19.4. The van der Waals surface area contributed by atoms with Gasteiger partial charge >= 0.3 is 18.5 Å². The van der Waals surface area contributed by atoms with Gasteiger partial charge in [0.1, 0.15) is 5.56 Å². The predicted octanol–water partition coefficient (Wildman–Crippen LogP) is 20.5. The molecule has 0 unspecified atom stereocenters. The van der Waals surface area contributed by atoms with Gasteiger partial charge in [0.25, 0.3) is 0 Å². The maximum atomic E-state index is 18.3. The fraction of sp³-hybridized carbons (Fsp3) is 0.0435. The molecule has 4 heterocycles. The number of benzene rings is 11. The molecule has 4 nitrogen and oxygen atoms in total. The molecule has 4 aromatic heterocycles. The number of alkyl halides is 9. The van der Waals surface area contributed by atoms with E-state index in [4.69, 9.17) is 0 Å². The van der Waals surface area contributed by atoms with Gasteiger partial charge in [0.15, 0.2) is 0 Å². The molecule has 0 N–H and O–H groups in total. The number of aromatic nitrogens is 4. The average Bonchev–Trinajstić information content (AvgIpc) is 2.35. The SMILES string of the molecule is FC(F)(F)c1ccccc1-c1cc(-c2ccccc2C(F)(F)F)c(-n2c3ccccc3c3ccc4c(c5ccccc5n4-c4ccccc4)c32)c(C(F)(F)F)c1-n1c2ccccc2c2ccc3c(c4ccccc4n3-c3ccccc3)c21. The largest absolute Gasteiger partial charge is 0.420 e. The Kier molecular flexibility index (Phi) is 10.6. The second-order valence-electron chi connectivity index (χ2n) is 20.4. The van der Waals surface area contributed by atoms with E-state index in [-0.39, 0.29) is 22.1 Å². The number of rotatable bonds is 6. The van der Waals surface area contributed by atoms with Crippen molar-refractivity contribution in [1.82, 2.24) is 18.3 Å². The van der Waals surface area contributed by atoms with Crippen LogP contribution in [-0.4, -0.2) is 18.3 Å². The molecule has 15 rings (SSSR count). The van der Waals surface area contributed by atoms with Crippen LogP contribution < -0.4 is 0 Å². The van der Waals surface area contributed by atoms with E-state index < -0.39 is 68.8 Å². The zero-order chi connectivity index (χ0) is 56.0. The summed E-state index contributed by atoms with van der Waals surface area (Å²) in [4.78, 5) is 0. The third-order valence-corrected chi connectivity index (χ3v) is 16.0. The summed E-state index contributed by atoms with van der Waals surface area (Å²) in [6, 6.07) is 64.4. The number of hydrogen-bond donors (Lipinski definition) is 0. The number of fused-ring (bicyclic) bond motifs is 14. The molecule has 0 aliphatic rings. The molecule has 398 valence electrons. The van der Waals surface area contributed by atoms with Crippen LogP contribution in [-0.2, 0) is 18.5 Å². The van der Waals surface area contributed by atoms with Crippen LogP contribution in [0.3, 0.4) is 0 Å². The van der Waals surface area contributed by atoms with Crippen LogP contribution in [0.2, 0.25) is 0 Å². The maximum absolute atomic E-state index is 18.3. The number of nitrogens with zero attached hydrogens (tertiary/aromatic N) is 4. The lowest BCUT2D eigenvalue weighted by atomic mass is 9.87. The first-order chi connectivity index (χ1) is 39.7. The van der Waals surface area contributed by atoms with Gasteiger partial charge < -0.3 is 18.3 Å². The molecule has 11 aromatic carbocycles. The number of para-hydroxylation sites is 6. The lowest BCUT2D eigenvalue weighted by Gasteiger charge is -2.29. The molecule has 0 aliphatic heterocycles. The Bertz CT molecular complexity index is 4800. The van der Waals surface area contributed by atoms with Crippen LogP contribution in [0.1, 0.15) is 16.7 Å². The van der Waals surface area contributed by atoms with Gasteiger partial charge in [0, 0.05) is 65.6 Å². The lowest BCUT2D eigenvalue weighted by molar-refractivity contribution is -0.137. The highest BCUT2D eigenvalue weighted by Crippen LogP contribution is 2.55. The Morgan fingerprint density at radius 1 is 0.244 bits per heavy atom. The molecule has 0 radical (unpaired) electrons. The highest BCUT2D eigenvalue weighted by Gasteiger charge is 2.45. The minimum absolute atomic E-state index is 0.211. The van der Waals surface area contributed by atoms with Crippen LogP contribution in [0.25, 0.3) is 132 Å². The van der Waals surface area contributed by atoms with Crippen molar-refractivity contribution in [1.29, 1.82) is 0 Å². The first kappa shape index (κ1) is 49.1. The predicted molar refractivity (Wildman–Crippen MR) is 310 cm³/mol. The van der Waals surface area contributed by atoms with Gasteiger partial charge in [0.2, 0.25) is 0 Å². The van der Waals surface area contributed by atoms with Crippen molar-refractivity contribution in [3.05, 3.63) is 253 Å². The standard InChI is InChI=1S/C69H39F9N4/c70-67(71,72)52-29-13-7-23-42(52)50-39-51(43-24-8-14-30-53(43)68(73,74)75)66(82-55-32-16-10-26-45(55)47-36-38-59-61(64(47)82)49-28-12-18-34-57(49)80(59)41-21-5-2-6-22-41)62(69(76,77)78)65(50)81-54-31-15-9-25-44(54)46-35-37-58-60(63(46)81)48-27-11-17-33-56(48)79(58)40-19-3-1-4-20-40/h1-39H. The smallest absolute Gasteiger partial charge is 0.309 e. The molecule has 0 amide bonds. The van der Waals surface area contributed by atoms with Gasteiger partial charge in [-0.1, -0.05) is 158 Å². The van der Waals surface area contributed by atoms with E-state index in [1.54, 1.807) is 48.5 Å². The molecule has 0 spiro atoms. The minimum atomic E-state index is -5.54. The van der Waals surface area contributed by atoms with Crippen LogP contribution in [0, 0.1) is 0 Å². The number of halogens is 9. The van der Waals surface area contributed by atoms with Gasteiger partial charge in [-0.3, -0.25) is 0 Å².